The number of hydrogen-bond acceptors (Lipinski definition) is 5. The van der Waals surface area contributed by atoms with Gasteiger partial charge in [0.15, 0.2) is 0 Å². The first kappa shape index (κ1) is 17.3. The Kier molecular flexibility index (Phi) is 5.84. The molecular formula is C17H28O5. The minimum Gasteiger partial charge on any atom is -0.463 e. The summed E-state index contributed by atoms with van der Waals surface area (Å²) in [7, 11) is 0. The van der Waals surface area contributed by atoms with Gasteiger partial charge in [-0.05, 0) is 57.8 Å². The molecule has 0 radical (unpaired) electrons. The fourth-order valence-electron chi connectivity index (χ4n) is 3.22. The van der Waals surface area contributed by atoms with Gasteiger partial charge in [0.2, 0.25) is 0 Å². The summed E-state index contributed by atoms with van der Waals surface area (Å²) in [6.07, 6.45) is 5.52. The predicted molar refractivity (Wildman–Crippen MR) is 81.2 cm³/mol. The molecule has 2 bridgehead atoms. The number of hydrogen-bond donors (Lipinski definition) is 0. The summed E-state index contributed by atoms with van der Waals surface area (Å²) >= 11 is 0. The summed E-state index contributed by atoms with van der Waals surface area (Å²) in [5.41, 5.74) is -0.472. The van der Waals surface area contributed by atoms with Gasteiger partial charge >= 0.3 is 11.9 Å². The van der Waals surface area contributed by atoms with Crippen LogP contribution in [0.15, 0.2) is 0 Å². The van der Waals surface area contributed by atoms with Crippen molar-refractivity contribution in [3.63, 3.8) is 0 Å². The maximum Gasteiger partial charge on any atom is 0.332 e. The number of carbonyl (C=O) groups is 2. The van der Waals surface area contributed by atoms with E-state index in [0.29, 0.717) is 5.92 Å². The Morgan fingerprint density at radius 3 is 2.50 bits per heavy atom. The molecule has 2 rings (SSSR count). The zero-order valence-corrected chi connectivity index (χ0v) is 13.9. The van der Waals surface area contributed by atoms with Gasteiger partial charge in [-0.15, -0.1) is 0 Å². The topological polar surface area (TPSA) is 61.8 Å². The van der Waals surface area contributed by atoms with Crippen LogP contribution >= 0.6 is 0 Å². The van der Waals surface area contributed by atoms with E-state index in [2.05, 4.69) is 0 Å². The molecule has 2 saturated carbocycles. The summed E-state index contributed by atoms with van der Waals surface area (Å²) in [5.74, 6) is 0.775. The summed E-state index contributed by atoms with van der Waals surface area (Å²) in [6.45, 7) is 5.97. The van der Waals surface area contributed by atoms with E-state index in [1.165, 1.54) is 19.3 Å². The van der Waals surface area contributed by atoms with Crippen molar-refractivity contribution in [1.29, 1.82) is 0 Å². The molecule has 0 aromatic rings. The summed E-state index contributed by atoms with van der Waals surface area (Å²) in [6, 6.07) is 0. The summed E-state index contributed by atoms with van der Waals surface area (Å²) in [5, 5.41) is 0. The van der Waals surface area contributed by atoms with Gasteiger partial charge < -0.3 is 14.2 Å². The molecular weight excluding hydrogens is 284 g/mol. The standard InChI is InChI=1S/C17H28O5/c1-4-17(2,3)16(19)21-8-7-20-11-15(18)22-14-10-12-5-6-13(14)9-12/h12-14H,4-11H2,1-3H3. The first-order valence-electron chi connectivity index (χ1n) is 8.37. The third-order valence-corrected chi connectivity index (χ3v) is 5.07. The zero-order chi connectivity index (χ0) is 16.2. The molecule has 0 heterocycles. The highest BCUT2D eigenvalue weighted by Crippen LogP contribution is 2.45. The summed E-state index contributed by atoms with van der Waals surface area (Å²) in [4.78, 5) is 23.4. The molecule has 3 atom stereocenters. The molecule has 126 valence electrons. The Balaban J connectivity index is 1.53. The van der Waals surface area contributed by atoms with Crippen molar-refractivity contribution in [3.8, 4) is 0 Å². The predicted octanol–water partition coefficient (Wildman–Crippen LogP) is 2.71. The number of ether oxygens (including phenoxy) is 3. The number of rotatable bonds is 8. The SMILES string of the molecule is CCC(C)(C)C(=O)OCCOCC(=O)OC1CC2CCC1C2. The van der Waals surface area contributed by atoms with Gasteiger partial charge in [0.25, 0.3) is 0 Å². The molecule has 0 spiro atoms. The molecule has 0 N–H and O–H groups in total. The number of fused-ring (bicyclic) bond motifs is 2. The van der Waals surface area contributed by atoms with Gasteiger partial charge in [-0.25, -0.2) is 4.79 Å². The second-order valence-electron chi connectivity index (χ2n) is 7.13. The lowest BCUT2D eigenvalue weighted by molar-refractivity contribution is -0.159. The van der Waals surface area contributed by atoms with E-state index in [4.69, 9.17) is 14.2 Å². The molecule has 22 heavy (non-hydrogen) atoms. The number of esters is 2. The van der Waals surface area contributed by atoms with Gasteiger partial charge in [-0.3, -0.25) is 4.79 Å². The van der Waals surface area contributed by atoms with Crippen molar-refractivity contribution in [1.82, 2.24) is 0 Å². The lowest BCUT2D eigenvalue weighted by Gasteiger charge is -2.22. The second kappa shape index (κ2) is 7.44. The van der Waals surface area contributed by atoms with Crippen LogP contribution in [0.25, 0.3) is 0 Å². The van der Waals surface area contributed by atoms with Crippen LogP contribution in [0.2, 0.25) is 0 Å². The number of carbonyl (C=O) groups excluding carboxylic acids is 2. The van der Waals surface area contributed by atoms with Crippen LogP contribution in [0.3, 0.4) is 0 Å². The monoisotopic (exact) mass is 312 g/mol. The Hall–Kier alpha value is -1.10. The van der Waals surface area contributed by atoms with Crippen LogP contribution in [-0.4, -0.2) is 37.9 Å². The molecule has 2 aliphatic carbocycles. The maximum absolute atomic E-state index is 11.7. The smallest absolute Gasteiger partial charge is 0.332 e. The highest BCUT2D eigenvalue weighted by atomic mass is 16.6. The fraction of sp³-hybridized carbons (Fsp3) is 0.882. The second-order valence-corrected chi connectivity index (χ2v) is 7.13. The van der Waals surface area contributed by atoms with Crippen molar-refractivity contribution < 1.29 is 23.8 Å². The van der Waals surface area contributed by atoms with Crippen molar-refractivity contribution in [2.45, 2.75) is 59.0 Å². The highest BCUT2D eigenvalue weighted by molar-refractivity contribution is 5.75. The molecule has 0 aliphatic heterocycles. The third kappa shape index (κ3) is 4.45. The van der Waals surface area contributed by atoms with Gasteiger partial charge in [-0.1, -0.05) is 6.92 Å². The van der Waals surface area contributed by atoms with Gasteiger partial charge in [-0.2, -0.15) is 0 Å². The average molecular weight is 312 g/mol. The van der Waals surface area contributed by atoms with Crippen LogP contribution in [0.1, 0.15) is 52.9 Å². The molecule has 0 aromatic carbocycles. The van der Waals surface area contributed by atoms with Crippen LogP contribution in [0.4, 0.5) is 0 Å². The van der Waals surface area contributed by atoms with Gasteiger partial charge in [0, 0.05) is 0 Å². The van der Waals surface area contributed by atoms with E-state index in [1.54, 1.807) is 0 Å². The van der Waals surface area contributed by atoms with Crippen LogP contribution < -0.4 is 0 Å². The van der Waals surface area contributed by atoms with Crippen LogP contribution in [-0.2, 0) is 23.8 Å². The Morgan fingerprint density at radius 2 is 1.91 bits per heavy atom. The lowest BCUT2D eigenvalue weighted by atomic mass is 9.91. The van der Waals surface area contributed by atoms with E-state index in [1.807, 2.05) is 20.8 Å². The van der Waals surface area contributed by atoms with Crippen molar-refractivity contribution in [2.24, 2.45) is 17.3 Å². The third-order valence-electron chi connectivity index (χ3n) is 5.07. The van der Waals surface area contributed by atoms with E-state index < -0.39 is 5.41 Å². The molecule has 3 unspecified atom stereocenters. The van der Waals surface area contributed by atoms with E-state index in [0.717, 1.165) is 18.8 Å². The minimum atomic E-state index is -0.472. The van der Waals surface area contributed by atoms with Crippen LogP contribution in [0.5, 0.6) is 0 Å². The normalized spacial score (nSPS) is 27.0. The Labute approximate surface area is 132 Å². The zero-order valence-electron chi connectivity index (χ0n) is 13.9. The van der Waals surface area contributed by atoms with E-state index in [9.17, 15) is 9.59 Å². The van der Waals surface area contributed by atoms with Crippen molar-refractivity contribution in [3.05, 3.63) is 0 Å². The molecule has 2 fully saturated rings. The highest BCUT2D eigenvalue weighted by Gasteiger charge is 2.41. The molecule has 0 saturated heterocycles. The van der Waals surface area contributed by atoms with Gasteiger partial charge in [0.1, 0.15) is 19.3 Å². The molecule has 5 nitrogen and oxygen atoms in total. The van der Waals surface area contributed by atoms with Crippen LogP contribution in [0, 0.1) is 17.3 Å². The van der Waals surface area contributed by atoms with Crippen molar-refractivity contribution >= 4 is 11.9 Å². The lowest BCUT2D eigenvalue weighted by Crippen LogP contribution is -2.28. The Bertz CT molecular complexity index is 404. The molecule has 2 aliphatic rings. The fourth-order valence-corrected chi connectivity index (χ4v) is 3.22. The van der Waals surface area contributed by atoms with Gasteiger partial charge in [0.05, 0.1) is 12.0 Å². The summed E-state index contributed by atoms with van der Waals surface area (Å²) < 4.78 is 15.8. The molecule has 5 heteroatoms. The van der Waals surface area contributed by atoms with E-state index in [-0.39, 0.29) is 37.9 Å². The molecule has 0 aromatic heterocycles. The minimum absolute atomic E-state index is 0.0669. The first-order chi connectivity index (χ1) is 10.4. The maximum atomic E-state index is 11.7. The largest absolute Gasteiger partial charge is 0.463 e. The Morgan fingerprint density at radius 1 is 1.14 bits per heavy atom. The quantitative estimate of drug-likeness (QED) is 0.509. The molecule has 0 amide bonds. The first-order valence-corrected chi connectivity index (χ1v) is 8.37. The van der Waals surface area contributed by atoms with Crippen molar-refractivity contribution in [2.75, 3.05) is 19.8 Å². The van der Waals surface area contributed by atoms with E-state index >= 15 is 0 Å². The average Bonchev–Trinajstić information content (AvgIpc) is 3.09.